The lowest BCUT2D eigenvalue weighted by atomic mass is 10.1. The standard InChI is InChI=1S/C22H20ClN5O3/c23-19-14-17(28(30)31)7-8-18(19)22(29)24-16-6-4-5-15(13-16)20-9-10-21(26-25-20)27-11-2-1-3-12-27/h4-10,13-14H,1-3,11-12H2,(H,24,29). The molecule has 1 amide bonds. The van der Waals surface area contributed by atoms with E-state index in [2.05, 4.69) is 20.4 Å². The van der Waals surface area contributed by atoms with Crippen LogP contribution in [0.25, 0.3) is 11.3 Å². The van der Waals surface area contributed by atoms with Gasteiger partial charge in [-0.3, -0.25) is 14.9 Å². The van der Waals surface area contributed by atoms with Gasteiger partial charge in [-0.25, -0.2) is 0 Å². The van der Waals surface area contributed by atoms with Crippen molar-refractivity contribution >= 4 is 34.7 Å². The van der Waals surface area contributed by atoms with E-state index >= 15 is 0 Å². The van der Waals surface area contributed by atoms with E-state index in [0.29, 0.717) is 11.4 Å². The summed E-state index contributed by atoms with van der Waals surface area (Å²) in [5.74, 6) is 0.421. The van der Waals surface area contributed by atoms with Crippen molar-refractivity contribution in [2.45, 2.75) is 19.3 Å². The number of aromatic nitrogens is 2. The number of non-ortho nitro benzene ring substituents is 1. The summed E-state index contributed by atoms with van der Waals surface area (Å²) in [6.45, 7) is 2.00. The molecule has 4 rings (SSSR count). The lowest BCUT2D eigenvalue weighted by Gasteiger charge is -2.27. The van der Waals surface area contributed by atoms with E-state index in [0.717, 1.165) is 30.5 Å². The Kier molecular flexibility index (Phi) is 6.08. The Labute approximate surface area is 184 Å². The second kappa shape index (κ2) is 9.09. The number of hydrogen-bond acceptors (Lipinski definition) is 6. The number of rotatable bonds is 5. The molecule has 0 atom stereocenters. The maximum atomic E-state index is 12.6. The lowest BCUT2D eigenvalue weighted by Crippen LogP contribution is -2.30. The van der Waals surface area contributed by atoms with E-state index in [1.165, 1.54) is 31.4 Å². The highest BCUT2D eigenvalue weighted by Gasteiger charge is 2.16. The number of halogens is 1. The largest absolute Gasteiger partial charge is 0.355 e. The van der Waals surface area contributed by atoms with Crippen LogP contribution in [0.2, 0.25) is 5.02 Å². The number of amides is 1. The first-order valence-corrected chi connectivity index (χ1v) is 10.3. The molecule has 31 heavy (non-hydrogen) atoms. The summed E-state index contributed by atoms with van der Waals surface area (Å²) in [5.41, 5.74) is 2.05. The number of nitrogens with one attached hydrogen (secondary N) is 1. The Morgan fingerprint density at radius 1 is 1.03 bits per heavy atom. The van der Waals surface area contributed by atoms with Gasteiger partial charge in [0.2, 0.25) is 0 Å². The summed E-state index contributed by atoms with van der Waals surface area (Å²) in [7, 11) is 0. The lowest BCUT2D eigenvalue weighted by molar-refractivity contribution is -0.384. The van der Waals surface area contributed by atoms with E-state index in [1.54, 1.807) is 12.1 Å². The summed E-state index contributed by atoms with van der Waals surface area (Å²) >= 11 is 6.05. The van der Waals surface area contributed by atoms with Crippen molar-refractivity contribution in [3.05, 3.63) is 75.3 Å². The molecule has 2 heterocycles. The fourth-order valence-electron chi connectivity index (χ4n) is 3.53. The van der Waals surface area contributed by atoms with Gasteiger partial charge in [0.25, 0.3) is 11.6 Å². The van der Waals surface area contributed by atoms with Crippen LogP contribution >= 0.6 is 11.6 Å². The number of nitro benzene ring substituents is 1. The van der Waals surface area contributed by atoms with Gasteiger partial charge >= 0.3 is 0 Å². The van der Waals surface area contributed by atoms with Crippen molar-refractivity contribution in [1.82, 2.24) is 10.2 Å². The number of anilines is 2. The SMILES string of the molecule is O=C(Nc1cccc(-c2ccc(N3CCCCC3)nn2)c1)c1ccc([N+](=O)[O-])cc1Cl. The topological polar surface area (TPSA) is 101 Å². The van der Waals surface area contributed by atoms with E-state index in [-0.39, 0.29) is 16.3 Å². The van der Waals surface area contributed by atoms with Crippen LogP contribution in [0.4, 0.5) is 17.2 Å². The van der Waals surface area contributed by atoms with Crippen LogP contribution in [-0.2, 0) is 0 Å². The number of piperidine rings is 1. The molecular formula is C22H20ClN5O3. The van der Waals surface area contributed by atoms with Crippen molar-refractivity contribution in [2.24, 2.45) is 0 Å². The molecule has 1 aromatic heterocycles. The summed E-state index contributed by atoms with van der Waals surface area (Å²) in [6.07, 6.45) is 3.60. The van der Waals surface area contributed by atoms with Gasteiger partial charge in [0, 0.05) is 36.5 Å². The highest BCUT2D eigenvalue weighted by Crippen LogP contribution is 2.26. The predicted octanol–water partition coefficient (Wildman–Crippen LogP) is 4.95. The van der Waals surface area contributed by atoms with Gasteiger partial charge in [0.15, 0.2) is 5.82 Å². The fraction of sp³-hybridized carbons (Fsp3) is 0.227. The van der Waals surface area contributed by atoms with Gasteiger partial charge in [-0.1, -0.05) is 23.7 Å². The maximum Gasteiger partial charge on any atom is 0.270 e. The zero-order valence-corrected chi connectivity index (χ0v) is 17.4. The van der Waals surface area contributed by atoms with Crippen LogP contribution in [0.3, 0.4) is 0 Å². The van der Waals surface area contributed by atoms with Crippen molar-refractivity contribution in [3.8, 4) is 11.3 Å². The van der Waals surface area contributed by atoms with Gasteiger partial charge in [0.05, 0.1) is 21.2 Å². The zero-order chi connectivity index (χ0) is 21.8. The third kappa shape index (κ3) is 4.80. The predicted molar refractivity (Wildman–Crippen MR) is 120 cm³/mol. The molecule has 158 valence electrons. The van der Waals surface area contributed by atoms with E-state index in [1.807, 2.05) is 24.3 Å². The minimum absolute atomic E-state index is 0.0158. The molecule has 3 aromatic rings. The first kappa shape index (κ1) is 20.7. The molecule has 0 aliphatic carbocycles. The molecule has 8 nitrogen and oxygen atoms in total. The first-order chi connectivity index (χ1) is 15.0. The van der Waals surface area contributed by atoms with E-state index < -0.39 is 10.8 Å². The Morgan fingerprint density at radius 3 is 2.52 bits per heavy atom. The molecule has 2 aromatic carbocycles. The second-order valence-electron chi connectivity index (χ2n) is 7.28. The van der Waals surface area contributed by atoms with Gasteiger partial charge < -0.3 is 10.2 Å². The van der Waals surface area contributed by atoms with Crippen molar-refractivity contribution in [2.75, 3.05) is 23.3 Å². The highest BCUT2D eigenvalue weighted by molar-refractivity contribution is 6.34. The highest BCUT2D eigenvalue weighted by atomic mass is 35.5. The molecule has 0 unspecified atom stereocenters. The van der Waals surface area contributed by atoms with Crippen LogP contribution in [0.5, 0.6) is 0 Å². The Balaban J connectivity index is 1.49. The van der Waals surface area contributed by atoms with Gasteiger partial charge in [0.1, 0.15) is 0 Å². The molecular weight excluding hydrogens is 418 g/mol. The average molecular weight is 438 g/mol. The molecule has 1 N–H and O–H groups in total. The average Bonchev–Trinajstić information content (AvgIpc) is 2.79. The minimum Gasteiger partial charge on any atom is -0.355 e. The molecule has 0 saturated carbocycles. The minimum atomic E-state index is -0.561. The van der Waals surface area contributed by atoms with Crippen LogP contribution in [0.1, 0.15) is 29.6 Å². The smallest absolute Gasteiger partial charge is 0.270 e. The molecule has 9 heteroatoms. The number of nitro groups is 1. The van der Waals surface area contributed by atoms with Crippen molar-refractivity contribution in [3.63, 3.8) is 0 Å². The van der Waals surface area contributed by atoms with Crippen molar-refractivity contribution in [1.29, 1.82) is 0 Å². The molecule has 0 radical (unpaired) electrons. The Hall–Kier alpha value is -3.52. The molecule has 1 aliphatic rings. The third-order valence-electron chi connectivity index (χ3n) is 5.15. The molecule has 1 saturated heterocycles. The number of hydrogen-bond donors (Lipinski definition) is 1. The molecule has 0 bridgehead atoms. The van der Waals surface area contributed by atoms with Crippen LogP contribution < -0.4 is 10.2 Å². The van der Waals surface area contributed by atoms with Crippen LogP contribution in [-0.4, -0.2) is 34.1 Å². The molecule has 1 aliphatic heterocycles. The summed E-state index contributed by atoms with van der Waals surface area (Å²) < 4.78 is 0. The number of carbonyl (C=O) groups excluding carboxylic acids is 1. The summed E-state index contributed by atoms with van der Waals surface area (Å²) in [4.78, 5) is 25.1. The van der Waals surface area contributed by atoms with Crippen molar-refractivity contribution < 1.29 is 9.72 Å². The van der Waals surface area contributed by atoms with Gasteiger partial charge in [-0.15, -0.1) is 10.2 Å². The second-order valence-corrected chi connectivity index (χ2v) is 7.69. The Bertz CT molecular complexity index is 1110. The Morgan fingerprint density at radius 2 is 1.84 bits per heavy atom. The molecule has 0 spiro atoms. The summed E-state index contributed by atoms with van der Waals surface area (Å²) in [6, 6.07) is 14.9. The molecule has 1 fully saturated rings. The van der Waals surface area contributed by atoms with Crippen LogP contribution in [0.15, 0.2) is 54.6 Å². The van der Waals surface area contributed by atoms with Gasteiger partial charge in [-0.2, -0.15) is 0 Å². The third-order valence-corrected chi connectivity index (χ3v) is 5.47. The van der Waals surface area contributed by atoms with Gasteiger partial charge in [-0.05, 0) is 49.6 Å². The number of carbonyl (C=O) groups is 1. The normalized spacial score (nSPS) is 13.6. The van der Waals surface area contributed by atoms with Crippen LogP contribution in [0, 0.1) is 10.1 Å². The first-order valence-electron chi connectivity index (χ1n) is 9.96. The van der Waals surface area contributed by atoms with E-state index in [4.69, 9.17) is 11.6 Å². The van der Waals surface area contributed by atoms with E-state index in [9.17, 15) is 14.9 Å². The fourth-order valence-corrected chi connectivity index (χ4v) is 3.79. The number of nitrogens with zero attached hydrogens (tertiary/aromatic N) is 4. The summed E-state index contributed by atoms with van der Waals surface area (Å²) in [5, 5.41) is 22.3. The monoisotopic (exact) mass is 437 g/mol. The quantitative estimate of drug-likeness (QED) is 0.447. The zero-order valence-electron chi connectivity index (χ0n) is 16.6. The number of benzene rings is 2. The maximum absolute atomic E-state index is 12.6.